The van der Waals surface area contributed by atoms with E-state index in [1.54, 1.807) is 23.7 Å². The maximum Gasteiger partial charge on any atom is 0.145 e. The molecule has 0 unspecified atom stereocenters. The Kier molecular flexibility index (Phi) is 4.37. The first-order valence-electron chi connectivity index (χ1n) is 9.56. The fourth-order valence-corrected chi connectivity index (χ4v) is 5.00. The van der Waals surface area contributed by atoms with Crippen molar-refractivity contribution < 1.29 is 4.74 Å². The Morgan fingerprint density at radius 2 is 2.11 bits per heavy atom. The molecule has 0 atom stereocenters. The minimum absolute atomic E-state index is 0.130. The molecule has 3 aromatic rings. The van der Waals surface area contributed by atoms with Gasteiger partial charge < -0.3 is 26.5 Å². The molecule has 1 aliphatic heterocycles. The zero-order chi connectivity index (χ0) is 19.1. The molecule has 1 aromatic carbocycles. The molecule has 1 aliphatic carbocycles. The lowest BCUT2D eigenvalue weighted by Crippen LogP contribution is -2.50. The summed E-state index contributed by atoms with van der Waals surface area (Å²) in [5.41, 5.74) is 9.43. The minimum Gasteiger partial charge on any atom is -0.486 e. The number of thiophene rings is 1. The zero-order valence-corrected chi connectivity index (χ0v) is 16.2. The number of nitrogen functional groups attached to an aromatic ring is 1. The smallest absolute Gasteiger partial charge is 0.145 e. The van der Waals surface area contributed by atoms with Crippen LogP contribution >= 0.6 is 11.3 Å². The van der Waals surface area contributed by atoms with E-state index in [1.165, 1.54) is 29.5 Å². The van der Waals surface area contributed by atoms with Gasteiger partial charge in [0.1, 0.15) is 28.8 Å². The van der Waals surface area contributed by atoms with E-state index >= 15 is 0 Å². The number of nitrogens with one attached hydrogen (secondary N) is 3. The number of anilines is 3. The summed E-state index contributed by atoms with van der Waals surface area (Å²) < 4.78 is 6.12. The topological polar surface area (TPSA) is 109 Å². The van der Waals surface area contributed by atoms with E-state index in [-0.39, 0.29) is 6.10 Å². The summed E-state index contributed by atoms with van der Waals surface area (Å²) >= 11 is 1.78. The van der Waals surface area contributed by atoms with Crippen LogP contribution in [0.15, 0.2) is 18.5 Å². The zero-order valence-electron chi connectivity index (χ0n) is 15.4. The average molecular weight is 395 g/mol. The quantitative estimate of drug-likeness (QED) is 0.391. The van der Waals surface area contributed by atoms with Crippen LogP contribution in [-0.2, 0) is 12.8 Å². The molecular weight excluding hydrogens is 372 g/mol. The van der Waals surface area contributed by atoms with Crippen LogP contribution in [0.25, 0.3) is 10.2 Å². The summed E-state index contributed by atoms with van der Waals surface area (Å²) in [4.78, 5) is 11.5. The minimum atomic E-state index is 0.130. The number of hydrogen-bond donors (Lipinski definition) is 4. The fraction of sp³-hybridized carbons (Fsp3) is 0.350. The van der Waals surface area contributed by atoms with E-state index in [4.69, 9.17) is 15.9 Å². The highest BCUT2D eigenvalue weighted by Gasteiger charge is 2.23. The summed E-state index contributed by atoms with van der Waals surface area (Å²) in [6.45, 7) is 1.64. The molecular formula is C20H22N6OS. The number of fused-ring (bicyclic) bond motifs is 3. The van der Waals surface area contributed by atoms with Gasteiger partial charge in [0.15, 0.2) is 0 Å². The van der Waals surface area contributed by atoms with E-state index in [0.29, 0.717) is 17.0 Å². The van der Waals surface area contributed by atoms with Crippen molar-refractivity contribution in [1.29, 1.82) is 5.41 Å². The Hall–Kier alpha value is -2.71. The van der Waals surface area contributed by atoms with Crippen LogP contribution in [0.2, 0.25) is 0 Å². The molecule has 3 heterocycles. The molecule has 2 aliphatic rings. The van der Waals surface area contributed by atoms with Crippen LogP contribution in [0.4, 0.5) is 17.2 Å². The number of aryl methyl sites for hydroxylation is 2. The molecule has 0 radical (unpaired) electrons. The van der Waals surface area contributed by atoms with Crippen LogP contribution in [-0.4, -0.2) is 35.4 Å². The van der Waals surface area contributed by atoms with E-state index in [1.807, 2.05) is 6.07 Å². The average Bonchev–Trinajstić information content (AvgIpc) is 3.06. The molecule has 0 saturated carbocycles. The summed E-state index contributed by atoms with van der Waals surface area (Å²) in [6, 6.07) is 3.65. The van der Waals surface area contributed by atoms with Gasteiger partial charge >= 0.3 is 0 Å². The van der Waals surface area contributed by atoms with Gasteiger partial charge in [-0.25, -0.2) is 9.97 Å². The SMILES string of the molecule is N=Cc1cc(Nc2ncnc3sc4c(c23)CCCC4)c(OC2CNC2)cc1N. The molecule has 5 rings (SSSR count). The van der Waals surface area contributed by atoms with Gasteiger partial charge in [-0.15, -0.1) is 11.3 Å². The molecule has 0 spiro atoms. The predicted octanol–water partition coefficient (Wildman–Crippen LogP) is 3.24. The van der Waals surface area contributed by atoms with Crippen molar-refractivity contribution in [3.63, 3.8) is 0 Å². The third kappa shape index (κ3) is 2.98. The Labute approximate surface area is 166 Å². The Morgan fingerprint density at radius 3 is 2.89 bits per heavy atom. The summed E-state index contributed by atoms with van der Waals surface area (Å²) in [5, 5.41) is 15.4. The predicted molar refractivity (Wildman–Crippen MR) is 113 cm³/mol. The first-order valence-corrected chi connectivity index (χ1v) is 10.4. The van der Waals surface area contributed by atoms with Gasteiger partial charge in [0.05, 0.1) is 11.1 Å². The van der Waals surface area contributed by atoms with Crippen molar-refractivity contribution in [2.45, 2.75) is 31.8 Å². The van der Waals surface area contributed by atoms with Crippen molar-refractivity contribution in [3.8, 4) is 5.75 Å². The molecule has 28 heavy (non-hydrogen) atoms. The van der Waals surface area contributed by atoms with Gasteiger partial charge in [0, 0.05) is 41.5 Å². The molecule has 8 heteroatoms. The van der Waals surface area contributed by atoms with E-state index in [2.05, 4.69) is 20.6 Å². The van der Waals surface area contributed by atoms with Crippen LogP contribution in [0.3, 0.4) is 0 Å². The van der Waals surface area contributed by atoms with Gasteiger partial charge in [0.2, 0.25) is 0 Å². The molecule has 2 aromatic heterocycles. The third-order valence-electron chi connectivity index (χ3n) is 5.38. The number of ether oxygens (including phenoxy) is 1. The largest absolute Gasteiger partial charge is 0.486 e. The van der Waals surface area contributed by atoms with Crippen LogP contribution in [0, 0.1) is 5.41 Å². The van der Waals surface area contributed by atoms with Gasteiger partial charge in [0.25, 0.3) is 0 Å². The highest BCUT2D eigenvalue weighted by atomic mass is 32.1. The lowest BCUT2D eigenvalue weighted by atomic mass is 9.97. The normalized spacial score (nSPS) is 16.4. The standard InChI is InChI=1S/C20H22N6OS/c21-7-11-5-15(16(6-14(11)22)27-12-8-23-9-12)26-19-18-13-3-1-2-4-17(13)28-20(18)25-10-24-19/h5-7,10,12,21,23H,1-4,8-9,22H2,(H,24,25,26). The lowest BCUT2D eigenvalue weighted by Gasteiger charge is -2.29. The Bertz CT molecular complexity index is 1060. The molecule has 7 nitrogen and oxygen atoms in total. The van der Waals surface area contributed by atoms with Crippen molar-refractivity contribution in [2.24, 2.45) is 0 Å². The highest BCUT2D eigenvalue weighted by Crippen LogP contribution is 2.40. The van der Waals surface area contributed by atoms with Crippen molar-refractivity contribution in [3.05, 3.63) is 34.5 Å². The van der Waals surface area contributed by atoms with E-state index in [0.717, 1.165) is 47.7 Å². The monoisotopic (exact) mass is 394 g/mol. The second kappa shape index (κ2) is 7.03. The van der Waals surface area contributed by atoms with Crippen LogP contribution in [0.5, 0.6) is 5.75 Å². The van der Waals surface area contributed by atoms with Crippen molar-refractivity contribution >= 4 is 45.0 Å². The van der Waals surface area contributed by atoms with Gasteiger partial charge in [-0.2, -0.15) is 0 Å². The Balaban J connectivity index is 1.58. The summed E-state index contributed by atoms with van der Waals surface area (Å²) in [7, 11) is 0. The molecule has 144 valence electrons. The summed E-state index contributed by atoms with van der Waals surface area (Å²) in [6.07, 6.45) is 7.64. The second-order valence-corrected chi connectivity index (χ2v) is 8.34. The number of hydrogen-bond acceptors (Lipinski definition) is 8. The second-order valence-electron chi connectivity index (χ2n) is 7.26. The maximum atomic E-state index is 7.64. The molecule has 1 fully saturated rings. The first kappa shape index (κ1) is 17.4. The first-order chi connectivity index (χ1) is 13.7. The molecule has 5 N–H and O–H groups in total. The van der Waals surface area contributed by atoms with Crippen molar-refractivity contribution in [1.82, 2.24) is 15.3 Å². The van der Waals surface area contributed by atoms with Gasteiger partial charge in [-0.3, -0.25) is 0 Å². The highest BCUT2D eigenvalue weighted by molar-refractivity contribution is 7.19. The van der Waals surface area contributed by atoms with E-state index < -0.39 is 0 Å². The molecule has 1 saturated heterocycles. The fourth-order valence-electron chi connectivity index (χ4n) is 3.77. The maximum absolute atomic E-state index is 7.64. The molecule has 0 amide bonds. The number of rotatable bonds is 5. The Morgan fingerprint density at radius 1 is 1.25 bits per heavy atom. The number of benzene rings is 1. The van der Waals surface area contributed by atoms with Crippen molar-refractivity contribution in [2.75, 3.05) is 24.1 Å². The molecule has 0 bridgehead atoms. The number of nitrogens with two attached hydrogens (primary N) is 1. The summed E-state index contributed by atoms with van der Waals surface area (Å²) in [5.74, 6) is 1.48. The van der Waals surface area contributed by atoms with Crippen LogP contribution < -0.4 is 21.1 Å². The van der Waals surface area contributed by atoms with E-state index in [9.17, 15) is 0 Å². The lowest BCUT2D eigenvalue weighted by molar-refractivity contribution is 0.143. The number of nitrogens with zero attached hydrogens (tertiary/aromatic N) is 2. The van der Waals surface area contributed by atoms with Gasteiger partial charge in [-0.05, 0) is 37.3 Å². The number of aromatic nitrogens is 2. The third-order valence-corrected chi connectivity index (χ3v) is 6.58. The van der Waals surface area contributed by atoms with Gasteiger partial charge in [-0.1, -0.05) is 0 Å². The van der Waals surface area contributed by atoms with Crippen LogP contribution in [0.1, 0.15) is 28.8 Å².